The normalized spacial score (nSPS) is 38.2. The van der Waals surface area contributed by atoms with Crippen molar-refractivity contribution >= 4 is 0 Å². The maximum atomic E-state index is 9.81. The highest BCUT2D eigenvalue weighted by Crippen LogP contribution is 2.33. The smallest absolute Gasteiger partial charge is 0.0692 e. The number of rotatable bonds is 4. The van der Waals surface area contributed by atoms with Crippen molar-refractivity contribution in [1.82, 2.24) is 10.2 Å². The summed E-state index contributed by atoms with van der Waals surface area (Å²) in [7, 11) is 0. The molecule has 3 fully saturated rings. The van der Waals surface area contributed by atoms with Gasteiger partial charge in [-0.1, -0.05) is 0 Å². The molecule has 3 nitrogen and oxygen atoms in total. The van der Waals surface area contributed by atoms with Gasteiger partial charge in [-0.2, -0.15) is 0 Å². The molecule has 0 radical (unpaired) electrons. The average molecular weight is 210 g/mol. The zero-order valence-corrected chi connectivity index (χ0v) is 9.36. The quantitative estimate of drug-likeness (QED) is 0.712. The van der Waals surface area contributed by atoms with Crippen LogP contribution in [0.15, 0.2) is 0 Å². The molecule has 0 aromatic heterocycles. The molecular weight excluding hydrogens is 188 g/mol. The standard InChI is InChI=1S/C12H22N2O/c15-12(9-3-4-9)8-13-10-5-7-14-6-1-2-11(10)14/h9-13,15H,1-8H2. The van der Waals surface area contributed by atoms with Crippen molar-refractivity contribution in [3.8, 4) is 0 Å². The highest BCUT2D eigenvalue weighted by molar-refractivity contribution is 4.96. The first kappa shape index (κ1) is 10.1. The molecule has 0 amide bonds. The molecule has 0 aromatic carbocycles. The van der Waals surface area contributed by atoms with E-state index in [2.05, 4.69) is 10.2 Å². The summed E-state index contributed by atoms with van der Waals surface area (Å²) in [5.74, 6) is 0.610. The van der Waals surface area contributed by atoms with E-state index in [9.17, 15) is 5.11 Å². The van der Waals surface area contributed by atoms with Gasteiger partial charge in [0.2, 0.25) is 0 Å². The van der Waals surface area contributed by atoms with E-state index in [1.54, 1.807) is 0 Å². The van der Waals surface area contributed by atoms with E-state index in [4.69, 9.17) is 0 Å². The predicted molar refractivity (Wildman–Crippen MR) is 59.7 cm³/mol. The molecule has 0 bridgehead atoms. The van der Waals surface area contributed by atoms with Crippen molar-refractivity contribution in [3.05, 3.63) is 0 Å². The van der Waals surface area contributed by atoms with Crippen LogP contribution in [0.4, 0.5) is 0 Å². The fourth-order valence-corrected chi connectivity index (χ4v) is 3.24. The molecule has 1 saturated carbocycles. The van der Waals surface area contributed by atoms with Crippen LogP contribution in [0.2, 0.25) is 0 Å². The molecule has 3 rings (SSSR count). The summed E-state index contributed by atoms with van der Waals surface area (Å²) in [6.07, 6.45) is 6.40. The lowest BCUT2D eigenvalue weighted by Gasteiger charge is -2.22. The van der Waals surface area contributed by atoms with Gasteiger partial charge in [0.15, 0.2) is 0 Å². The Hall–Kier alpha value is -0.120. The van der Waals surface area contributed by atoms with E-state index >= 15 is 0 Å². The molecule has 2 N–H and O–H groups in total. The molecule has 3 aliphatic rings. The Morgan fingerprint density at radius 3 is 2.87 bits per heavy atom. The lowest BCUT2D eigenvalue weighted by Crippen LogP contribution is -2.42. The van der Waals surface area contributed by atoms with Gasteiger partial charge in [-0.25, -0.2) is 0 Å². The van der Waals surface area contributed by atoms with Gasteiger partial charge in [-0.15, -0.1) is 0 Å². The Labute approximate surface area is 91.8 Å². The summed E-state index contributed by atoms with van der Waals surface area (Å²) in [5.41, 5.74) is 0. The van der Waals surface area contributed by atoms with E-state index in [1.165, 1.54) is 45.2 Å². The maximum Gasteiger partial charge on any atom is 0.0692 e. The van der Waals surface area contributed by atoms with E-state index < -0.39 is 0 Å². The molecule has 1 aliphatic carbocycles. The van der Waals surface area contributed by atoms with Crippen LogP contribution in [0.1, 0.15) is 32.1 Å². The van der Waals surface area contributed by atoms with Gasteiger partial charge >= 0.3 is 0 Å². The summed E-state index contributed by atoms with van der Waals surface area (Å²) >= 11 is 0. The lowest BCUT2D eigenvalue weighted by atomic mass is 10.1. The Kier molecular flexibility index (Phi) is 2.71. The van der Waals surface area contributed by atoms with E-state index in [1.807, 2.05) is 0 Å². The minimum Gasteiger partial charge on any atom is -0.392 e. The Bertz CT molecular complexity index is 230. The minimum absolute atomic E-state index is 0.0829. The number of aliphatic hydroxyl groups is 1. The van der Waals surface area contributed by atoms with Crippen molar-refractivity contribution in [2.45, 2.75) is 50.3 Å². The molecule has 3 heteroatoms. The van der Waals surface area contributed by atoms with Crippen molar-refractivity contribution in [2.24, 2.45) is 5.92 Å². The van der Waals surface area contributed by atoms with E-state index in [-0.39, 0.29) is 6.10 Å². The SMILES string of the molecule is OC(CNC1CCN2CCCC12)C1CC1. The van der Waals surface area contributed by atoms with Crippen LogP contribution in [0, 0.1) is 5.92 Å². The second-order valence-electron chi connectivity index (χ2n) is 5.45. The molecule has 15 heavy (non-hydrogen) atoms. The van der Waals surface area contributed by atoms with Crippen LogP contribution < -0.4 is 5.32 Å². The van der Waals surface area contributed by atoms with Crippen LogP contribution >= 0.6 is 0 Å². The first-order valence-electron chi connectivity index (χ1n) is 6.50. The van der Waals surface area contributed by atoms with Crippen LogP contribution in [-0.2, 0) is 0 Å². The summed E-state index contributed by atoms with van der Waals surface area (Å²) in [6.45, 7) is 3.38. The topological polar surface area (TPSA) is 35.5 Å². The third-order valence-electron chi connectivity index (χ3n) is 4.36. The Morgan fingerprint density at radius 2 is 2.07 bits per heavy atom. The van der Waals surface area contributed by atoms with Crippen LogP contribution in [0.5, 0.6) is 0 Å². The molecule has 3 atom stereocenters. The zero-order chi connectivity index (χ0) is 10.3. The molecule has 0 spiro atoms. The summed E-state index contributed by atoms with van der Waals surface area (Å²) in [4.78, 5) is 2.61. The molecule has 2 saturated heterocycles. The second kappa shape index (κ2) is 4.04. The second-order valence-corrected chi connectivity index (χ2v) is 5.45. The van der Waals surface area contributed by atoms with Crippen LogP contribution in [-0.4, -0.2) is 47.8 Å². The van der Waals surface area contributed by atoms with E-state index in [0.29, 0.717) is 12.0 Å². The van der Waals surface area contributed by atoms with Crippen LogP contribution in [0.25, 0.3) is 0 Å². The number of nitrogens with zero attached hydrogens (tertiary/aromatic N) is 1. The molecule has 2 aliphatic heterocycles. The van der Waals surface area contributed by atoms with E-state index in [0.717, 1.165) is 12.6 Å². The average Bonchev–Trinajstić information content (AvgIpc) is 2.86. The number of hydrogen-bond acceptors (Lipinski definition) is 3. The van der Waals surface area contributed by atoms with Gasteiger partial charge in [0.25, 0.3) is 0 Å². The molecule has 2 heterocycles. The first-order chi connectivity index (χ1) is 7.34. The molecule has 0 aromatic rings. The van der Waals surface area contributed by atoms with Gasteiger partial charge in [0.1, 0.15) is 0 Å². The fourth-order valence-electron chi connectivity index (χ4n) is 3.24. The number of hydrogen-bond donors (Lipinski definition) is 2. The van der Waals surface area contributed by atoms with Crippen molar-refractivity contribution < 1.29 is 5.11 Å². The zero-order valence-electron chi connectivity index (χ0n) is 9.36. The van der Waals surface area contributed by atoms with Crippen LogP contribution in [0.3, 0.4) is 0 Å². The van der Waals surface area contributed by atoms with Gasteiger partial charge in [0, 0.05) is 25.2 Å². The van der Waals surface area contributed by atoms with Crippen molar-refractivity contribution in [3.63, 3.8) is 0 Å². The third-order valence-corrected chi connectivity index (χ3v) is 4.36. The monoisotopic (exact) mass is 210 g/mol. The Morgan fingerprint density at radius 1 is 1.20 bits per heavy atom. The molecular formula is C12H22N2O. The molecule has 86 valence electrons. The number of aliphatic hydroxyl groups excluding tert-OH is 1. The number of fused-ring (bicyclic) bond motifs is 1. The number of nitrogens with one attached hydrogen (secondary N) is 1. The third kappa shape index (κ3) is 2.05. The maximum absolute atomic E-state index is 9.81. The van der Waals surface area contributed by atoms with Gasteiger partial charge in [0.05, 0.1) is 6.10 Å². The summed E-state index contributed by atoms with van der Waals surface area (Å²) in [5, 5.41) is 13.4. The largest absolute Gasteiger partial charge is 0.392 e. The minimum atomic E-state index is -0.0829. The lowest BCUT2D eigenvalue weighted by molar-refractivity contribution is 0.142. The first-order valence-corrected chi connectivity index (χ1v) is 6.50. The predicted octanol–water partition coefficient (Wildman–Crippen LogP) is 0.584. The molecule has 3 unspecified atom stereocenters. The van der Waals surface area contributed by atoms with Crippen molar-refractivity contribution in [2.75, 3.05) is 19.6 Å². The Balaban J connectivity index is 1.46. The summed E-state index contributed by atoms with van der Waals surface area (Å²) < 4.78 is 0. The van der Waals surface area contributed by atoms with Gasteiger partial charge in [-0.05, 0) is 44.6 Å². The van der Waals surface area contributed by atoms with Gasteiger partial charge in [-0.3, -0.25) is 4.90 Å². The van der Waals surface area contributed by atoms with Crippen molar-refractivity contribution in [1.29, 1.82) is 0 Å². The van der Waals surface area contributed by atoms with Gasteiger partial charge < -0.3 is 10.4 Å². The highest BCUT2D eigenvalue weighted by Gasteiger charge is 2.37. The highest BCUT2D eigenvalue weighted by atomic mass is 16.3. The summed E-state index contributed by atoms with van der Waals surface area (Å²) in [6, 6.07) is 1.43. The fraction of sp³-hybridized carbons (Fsp3) is 1.00.